The molecular formula is C14H12N2O5. The van der Waals surface area contributed by atoms with E-state index in [2.05, 4.69) is 10.2 Å². The molecule has 7 heteroatoms. The van der Waals surface area contributed by atoms with Crippen LogP contribution < -0.4 is 5.56 Å². The quantitative estimate of drug-likeness (QED) is 0.825. The van der Waals surface area contributed by atoms with E-state index in [1.54, 1.807) is 31.2 Å². The molecule has 0 spiro atoms. The van der Waals surface area contributed by atoms with Gasteiger partial charge in [0.05, 0.1) is 17.7 Å². The molecule has 0 bridgehead atoms. The van der Waals surface area contributed by atoms with Crippen LogP contribution in [0.5, 0.6) is 0 Å². The Kier molecular flexibility index (Phi) is 3.09. The Balaban J connectivity index is 2.11. The van der Waals surface area contributed by atoms with Crippen molar-refractivity contribution in [3.63, 3.8) is 0 Å². The van der Waals surface area contributed by atoms with E-state index >= 15 is 0 Å². The first-order chi connectivity index (χ1) is 10.1. The van der Waals surface area contributed by atoms with Gasteiger partial charge in [0.15, 0.2) is 11.8 Å². The number of fused-ring (bicyclic) bond motifs is 1. The molecule has 0 saturated carbocycles. The first-order valence-electron chi connectivity index (χ1n) is 6.41. The van der Waals surface area contributed by atoms with Crippen LogP contribution in [-0.4, -0.2) is 28.7 Å². The molecule has 2 N–H and O–H groups in total. The minimum atomic E-state index is -0.914. The lowest BCUT2D eigenvalue weighted by Gasteiger charge is -2.09. The van der Waals surface area contributed by atoms with E-state index in [-0.39, 0.29) is 17.9 Å². The molecule has 1 aromatic carbocycles. The fourth-order valence-electron chi connectivity index (χ4n) is 2.34. The Morgan fingerprint density at radius 2 is 2.05 bits per heavy atom. The van der Waals surface area contributed by atoms with E-state index in [1.807, 2.05) is 0 Å². The van der Waals surface area contributed by atoms with Crippen molar-refractivity contribution in [1.29, 1.82) is 0 Å². The molecule has 0 fully saturated rings. The third-order valence-electron chi connectivity index (χ3n) is 3.24. The molecule has 0 radical (unpaired) electrons. The van der Waals surface area contributed by atoms with Crippen LogP contribution in [-0.2, 0) is 9.47 Å². The van der Waals surface area contributed by atoms with Crippen LogP contribution in [0, 0.1) is 0 Å². The summed E-state index contributed by atoms with van der Waals surface area (Å²) in [6.07, 6.45) is -0.914. The Morgan fingerprint density at radius 3 is 2.81 bits per heavy atom. The highest BCUT2D eigenvalue weighted by Gasteiger charge is 2.37. The number of aromatic nitrogens is 2. The van der Waals surface area contributed by atoms with Gasteiger partial charge < -0.3 is 9.47 Å². The second-order valence-electron chi connectivity index (χ2n) is 4.46. The standard InChI is InChI=1S/C14H12N2O5/c1-2-20-14(19)10-9(12(17)16-15-10)11-7-5-3-4-6-8(7)13(18)21-11/h3-6,11H,2H2,1H3,(H2,15,16,17). The zero-order valence-corrected chi connectivity index (χ0v) is 11.1. The lowest BCUT2D eigenvalue weighted by molar-refractivity contribution is 0.0430. The molecular weight excluding hydrogens is 276 g/mol. The van der Waals surface area contributed by atoms with Gasteiger partial charge >= 0.3 is 11.9 Å². The number of nitrogens with one attached hydrogen (secondary N) is 2. The summed E-state index contributed by atoms with van der Waals surface area (Å²) in [6.45, 7) is 1.83. The van der Waals surface area contributed by atoms with Gasteiger partial charge in [-0.3, -0.25) is 15.0 Å². The number of cyclic esters (lactones) is 1. The number of H-pyrrole nitrogens is 2. The SMILES string of the molecule is CCOC(=O)c1[nH][nH]c(=O)c1C1OC(=O)c2ccccc21. The Morgan fingerprint density at radius 1 is 1.29 bits per heavy atom. The Labute approximate surface area is 118 Å². The minimum Gasteiger partial charge on any atom is -0.461 e. The predicted molar refractivity (Wildman–Crippen MR) is 71.1 cm³/mol. The number of esters is 2. The van der Waals surface area contributed by atoms with E-state index in [0.29, 0.717) is 11.1 Å². The number of hydrogen-bond acceptors (Lipinski definition) is 5. The summed E-state index contributed by atoms with van der Waals surface area (Å²) in [5.74, 6) is -1.20. The number of rotatable bonds is 3. The van der Waals surface area contributed by atoms with Gasteiger partial charge in [0.1, 0.15) is 0 Å². The fourth-order valence-corrected chi connectivity index (χ4v) is 2.34. The largest absolute Gasteiger partial charge is 0.461 e. The van der Waals surface area contributed by atoms with Crippen LogP contribution in [0.3, 0.4) is 0 Å². The van der Waals surface area contributed by atoms with E-state index in [0.717, 1.165) is 0 Å². The van der Waals surface area contributed by atoms with Gasteiger partial charge in [-0.05, 0) is 13.0 Å². The minimum absolute atomic E-state index is 0.0312. The molecule has 1 aliphatic rings. The number of hydrogen-bond donors (Lipinski definition) is 2. The zero-order chi connectivity index (χ0) is 15.0. The maximum atomic E-state index is 12.0. The van der Waals surface area contributed by atoms with Crippen LogP contribution in [0.2, 0.25) is 0 Å². The van der Waals surface area contributed by atoms with Crippen LogP contribution in [0.15, 0.2) is 29.1 Å². The third-order valence-corrected chi connectivity index (χ3v) is 3.24. The molecule has 1 aromatic heterocycles. The van der Waals surface area contributed by atoms with Crippen molar-refractivity contribution in [2.75, 3.05) is 6.61 Å². The molecule has 2 heterocycles. The van der Waals surface area contributed by atoms with Gasteiger partial charge in [0, 0.05) is 5.56 Å². The number of carbonyl (C=O) groups excluding carboxylic acids is 2. The average molecular weight is 288 g/mol. The molecule has 1 atom stereocenters. The van der Waals surface area contributed by atoms with Crippen molar-refractivity contribution in [2.45, 2.75) is 13.0 Å². The smallest absolute Gasteiger partial charge is 0.356 e. The average Bonchev–Trinajstić information content (AvgIpc) is 3.01. The molecule has 1 aliphatic heterocycles. The lowest BCUT2D eigenvalue weighted by Crippen LogP contribution is -2.17. The molecule has 0 saturated heterocycles. The predicted octanol–water partition coefficient (Wildman–Crippen LogP) is 1.14. The molecule has 108 valence electrons. The van der Waals surface area contributed by atoms with Gasteiger partial charge in [0.2, 0.25) is 0 Å². The maximum absolute atomic E-state index is 12.0. The second-order valence-corrected chi connectivity index (χ2v) is 4.46. The van der Waals surface area contributed by atoms with E-state index in [9.17, 15) is 14.4 Å². The highest BCUT2D eigenvalue weighted by atomic mass is 16.6. The van der Waals surface area contributed by atoms with E-state index in [1.165, 1.54) is 0 Å². The summed E-state index contributed by atoms with van der Waals surface area (Å²) < 4.78 is 10.1. The van der Waals surface area contributed by atoms with Gasteiger partial charge in [-0.25, -0.2) is 9.59 Å². The number of ether oxygens (including phenoxy) is 2. The van der Waals surface area contributed by atoms with Gasteiger partial charge in [-0.15, -0.1) is 0 Å². The molecule has 0 amide bonds. The first-order valence-corrected chi connectivity index (χ1v) is 6.41. The monoisotopic (exact) mass is 288 g/mol. The Bertz CT molecular complexity index is 774. The van der Waals surface area contributed by atoms with Gasteiger partial charge in [-0.1, -0.05) is 18.2 Å². The molecule has 1 unspecified atom stereocenters. The van der Waals surface area contributed by atoms with Gasteiger partial charge in [-0.2, -0.15) is 0 Å². The van der Waals surface area contributed by atoms with Crippen molar-refractivity contribution < 1.29 is 19.1 Å². The second kappa shape index (κ2) is 4.93. The summed E-state index contributed by atoms with van der Waals surface area (Å²) >= 11 is 0. The number of carbonyl (C=O) groups is 2. The number of benzene rings is 1. The normalized spacial score (nSPS) is 16.4. The summed E-state index contributed by atoms with van der Waals surface area (Å²) in [6, 6.07) is 6.74. The van der Waals surface area contributed by atoms with Crippen molar-refractivity contribution in [2.24, 2.45) is 0 Å². The van der Waals surface area contributed by atoms with E-state index in [4.69, 9.17) is 9.47 Å². The van der Waals surface area contributed by atoms with Crippen molar-refractivity contribution >= 4 is 11.9 Å². The maximum Gasteiger partial charge on any atom is 0.356 e. The van der Waals surface area contributed by atoms with Crippen LogP contribution >= 0.6 is 0 Å². The third kappa shape index (κ3) is 2.03. The fraction of sp³-hybridized carbons (Fsp3) is 0.214. The summed E-state index contributed by atoms with van der Waals surface area (Å²) in [7, 11) is 0. The highest BCUT2D eigenvalue weighted by Crippen LogP contribution is 2.35. The zero-order valence-electron chi connectivity index (χ0n) is 11.1. The van der Waals surface area contributed by atoms with Crippen molar-refractivity contribution in [3.05, 3.63) is 57.0 Å². The van der Waals surface area contributed by atoms with Crippen LogP contribution in [0.25, 0.3) is 0 Å². The molecule has 0 aliphatic carbocycles. The Hall–Kier alpha value is -2.83. The first kappa shape index (κ1) is 13.2. The highest BCUT2D eigenvalue weighted by molar-refractivity contribution is 5.95. The molecule has 7 nitrogen and oxygen atoms in total. The van der Waals surface area contributed by atoms with Crippen LogP contribution in [0.4, 0.5) is 0 Å². The van der Waals surface area contributed by atoms with E-state index < -0.39 is 23.6 Å². The topological polar surface area (TPSA) is 101 Å². The molecule has 2 aromatic rings. The summed E-state index contributed by atoms with van der Waals surface area (Å²) in [5.41, 5.74) is 0.437. The van der Waals surface area contributed by atoms with Crippen LogP contribution in [0.1, 0.15) is 45.0 Å². The number of aromatic amines is 2. The molecule has 3 rings (SSSR count). The van der Waals surface area contributed by atoms with Crippen molar-refractivity contribution in [1.82, 2.24) is 10.2 Å². The summed E-state index contributed by atoms with van der Waals surface area (Å²) in [5, 5.41) is 4.80. The summed E-state index contributed by atoms with van der Waals surface area (Å²) in [4.78, 5) is 35.7. The van der Waals surface area contributed by atoms with Gasteiger partial charge in [0.25, 0.3) is 5.56 Å². The lowest BCUT2D eigenvalue weighted by atomic mass is 9.99. The molecule has 21 heavy (non-hydrogen) atoms. The van der Waals surface area contributed by atoms with Crippen molar-refractivity contribution in [3.8, 4) is 0 Å².